The zero-order valence-electron chi connectivity index (χ0n) is 15.0. The molecule has 0 fully saturated rings. The Balaban J connectivity index is 1.70. The fourth-order valence-electron chi connectivity index (χ4n) is 2.52. The van der Waals surface area contributed by atoms with Gasteiger partial charge in [0, 0.05) is 12.2 Å². The number of nitriles is 1. The highest BCUT2D eigenvalue weighted by atomic mass is 35.5. The Morgan fingerprint density at radius 1 is 1.46 bits per heavy atom. The second-order valence-electron chi connectivity index (χ2n) is 5.74. The Morgan fingerprint density at radius 3 is 2.93 bits per heavy atom. The Kier molecular flexibility index (Phi) is 6.19. The van der Waals surface area contributed by atoms with Crippen LogP contribution in [0.3, 0.4) is 0 Å². The normalized spacial score (nSPS) is 10.5. The summed E-state index contributed by atoms with van der Waals surface area (Å²) in [6.45, 7) is 6.13. The molecule has 0 radical (unpaired) electrons. The molecule has 0 saturated carbocycles. The van der Waals surface area contributed by atoms with E-state index in [4.69, 9.17) is 21.3 Å². The molecule has 1 N–H and O–H groups in total. The maximum absolute atomic E-state index is 12.3. The standard InChI is InChI=1S/C19H16ClN5O2S/c1-3-7-25-18(15-6-8-27-12(15)2)23-24-19(25)28-11-17(26)22-14-5-4-13(10-21)16(20)9-14/h3-6,8-9H,1,7,11H2,2H3,(H,22,26). The molecule has 142 valence electrons. The van der Waals surface area contributed by atoms with Crippen LogP contribution in [0.4, 0.5) is 5.69 Å². The second-order valence-corrected chi connectivity index (χ2v) is 7.09. The first kappa shape index (κ1) is 19.7. The first-order valence-corrected chi connectivity index (χ1v) is 9.60. The predicted molar refractivity (Wildman–Crippen MR) is 108 cm³/mol. The first-order valence-electron chi connectivity index (χ1n) is 8.24. The quantitative estimate of drug-likeness (QED) is 0.458. The summed E-state index contributed by atoms with van der Waals surface area (Å²) in [6.07, 6.45) is 3.34. The van der Waals surface area contributed by atoms with Gasteiger partial charge in [-0.25, -0.2) is 0 Å². The minimum absolute atomic E-state index is 0.136. The van der Waals surface area contributed by atoms with Crippen molar-refractivity contribution in [2.24, 2.45) is 0 Å². The average molecular weight is 414 g/mol. The molecular weight excluding hydrogens is 398 g/mol. The van der Waals surface area contributed by atoms with E-state index in [0.29, 0.717) is 33.8 Å². The number of aromatic nitrogens is 3. The Bertz CT molecular complexity index is 1070. The summed E-state index contributed by atoms with van der Waals surface area (Å²) in [5, 5.41) is 21.0. The van der Waals surface area contributed by atoms with Crippen molar-refractivity contribution in [2.75, 3.05) is 11.1 Å². The van der Waals surface area contributed by atoms with Gasteiger partial charge in [0.1, 0.15) is 11.8 Å². The average Bonchev–Trinajstić information content (AvgIpc) is 3.26. The molecule has 0 saturated heterocycles. The molecule has 3 aromatic rings. The lowest BCUT2D eigenvalue weighted by Gasteiger charge is -2.08. The van der Waals surface area contributed by atoms with E-state index in [-0.39, 0.29) is 11.7 Å². The minimum atomic E-state index is -0.222. The molecule has 0 atom stereocenters. The highest BCUT2D eigenvalue weighted by Crippen LogP contribution is 2.27. The van der Waals surface area contributed by atoms with Crippen LogP contribution in [0, 0.1) is 18.3 Å². The zero-order valence-corrected chi connectivity index (χ0v) is 16.5. The number of furan rings is 1. The van der Waals surface area contributed by atoms with E-state index in [0.717, 1.165) is 11.3 Å². The SMILES string of the molecule is C=CCn1c(SCC(=O)Nc2ccc(C#N)c(Cl)c2)nnc1-c1ccoc1C. The molecule has 0 aliphatic carbocycles. The van der Waals surface area contributed by atoms with E-state index in [2.05, 4.69) is 22.1 Å². The van der Waals surface area contributed by atoms with Crippen LogP contribution >= 0.6 is 23.4 Å². The molecule has 7 nitrogen and oxygen atoms in total. The summed E-state index contributed by atoms with van der Waals surface area (Å²) < 4.78 is 7.22. The Hall–Kier alpha value is -3.02. The van der Waals surface area contributed by atoms with Crippen molar-refractivity contribution in [3.63, 3.8) is 0 Å². The fourth-order valence-corrected chi connectivity index (χ4v) is 3.49. The van der Waals surface area contributed by atoms with Gasteiger partial charge in [-0.1, -0.05) is 29.4 Å². The van der Waals surface area contributed by atoms with Crippen molar-refractivity contribution >= 4 is 35.0 Å². The van der Waals surface area contributed by atoms with Crippen LogP contribution in [0.2, 0.25) is 5.02 Å². The van der Waals surface area contributed by atoms with Gasteiger partial charge in [-0.05, 0) is 31.2 Å². The monoisotopic (exact) mass is 413 g/mol. The van der Waals surface area contributed by atoms with Crippen molar-refractivity contribution in [3.05, 3.63) is 59.5 Å². The van der Waals surface area contributed by atoms with Gasteiger partial charge in [-0.15, -0.1) is 16.8 Å². The lowest BCUT2D eigenvalue weighted by Crippen LogP contribution is -2.14. The Labute approximate surface area is 171 Å². The number of hydrogen-bond donors (Lipinski definition) is 1. The lowest BCUT2D eigenvalue weighted by atomic mass is 10.2. The van der Waals surface area contributed by atoms with Crippen molar-refractivity contribution in [3.8, 4) is 17.5 Å². The molecule has 3 rings (SSSR count). The number of carbonyl (C=O) groups excluding carboxylic acids is 1. The summed E-state index contributed by atoms with van der Waals surface area (Å²) in [4.78, 5) is 12.3. The second kappa shape index (κ2) is 8.78. The largest absolute Gasteiger partial charge is 0.469 e. The molecule has 0 unspecified atom stereocenters. The molecule has 0 bridgehead atoms. The van der Waals surface area contributed by atoms with E-state index in [1.165, 1.54) is 11.8 Å². The molecule has 1 aromatic carbocycles. The maximum Gasteiger partial charge on any atom is 0.234 e. The van der Waals surface area contributed by atoms with E-state index >= 15 is 0 Å². The third-order valence-electron chi connectivity index (χ3n) is 3.83. The molecule has 0 aliphatic rings. The van der Waals surface area contributed by atoms with Crippen molar-refractivity contribution < 1.29 is 9.21 Å². The van der Waals surface area contributed by atoms with Gasteiger partial charge in [0.15, 0.2) is 11.0 Å². The molecule has 0 spiro atoms. The number of hydrogen-bond acceptors (Lipinski definition) is 6. The summed E-state index contributed by atoms with van der Waals surface area (Å²) >= 11 is 7.25. The van der Waals surface area contributed by atoms with Gasteiger partial charge >= 0.3 is 0 Å². The molecule has 0 aliphatic heterocycles. The predicted octanol–water partition coefficient (Wildman–Crippen LogP) is 4.29. The van der Waals surface area contributed by atoms with Crippen LogP contribution in [0.25, 0.3) is 11.4 Å². The molecule has 9 heteroatoms. The number of nitrogens with one attached hydrogen (secondary N) is 1. The van der Waals surface area contributed by atoms with Gasteiger partial charge in [0.2, 0.25) is 5.91 Å². The van der Waals surface area contributed by atoms with Gasteiger partial charge in [0.05, 0.1) is 28.2 Å². The third kappa shape index (κ3) is 4.27. The highest BCUT2D eigenvalue weighted by molar-refractivity contribution is 7.99. The number of aryl methyl sites for hydroxylation is 1. The van der Waals surface area contributed by atoms with Gasteiger partial charge < -0.3 is 9.73 Å². The van der Waals surface area contributed by atoms with E-state index < -0.39 is 0 Å². The van der Waals surface area contributed by atoms with E-state index in [1.54, 1.807) is 30.5 Å². The number of amides is 1. The summed E-state index contributed by atoms with van der Waals surface area (Å²) in [6, 6.07) is 8.54. The number of halogens is 1. The first-order chi connectivity index (χ1) is 13.5. The number of anilines is 1. The number of benzene rings is 1. The molecule has 2 aromatic heterocycles. The molecular formula is C19H16ClN5O2S. The highest BCUT2D eigenvalue weighted by Gasteiger charge is 2.17. The third-order valence-corrected chi connectivity index (χ3v) is 5.11. The van der Waals surface area contributed by atoms with Crippen LogP contribution in [0.1, 0.15) is 11.3 Å². The molecule has 2 heterocycles. The van der Waals surface area contributed by atoms with Crippen molar-refractivity contribution in [1.82, 2.24) is 14.8 Å². The zero-order chi connectivity index (χ0) is 20.1. The van der Waals surface area contributed by atoms with Crippen LogP contribution in [-0.2, 0) is 11.3 Å². The van der Waals surface area contributed by atoms with Crippen LogP contribution < -0.4 is 5.32 Å². The number of rotatable bonds is 7. The summed E-state index contributed by atoms with van der Waals surface area (Å²) in [5.74, 6) is 1.31. The smallest absolute Gasteiger partial charge is 0.234 e. The lowest BCUT2D eigenvalue weighted by molar-refractivity contribution is -0.113. The van der Waals surface area contributed by atoms with Crippen LogP contribution in [0.5, 0.6) is 0 Å². The van der Waals surface area contributed by atoms with Crippen LogP contribution in [-0.4, -0.2) is 26.4 Å². The van der Waals surface area contributed by atoms with Crippen molar-refractivity contribution in [1.29, 1.82) is 5.26 Å². The number of nitrogens with zero attached hydrogens (tertiary/aromatic N) is 4. The summed E-state index contributed by atoms with van der Waals surface area (Å²) in [5.41, 5.74) is 1.73. The number of carbonyl (C=O) groups is 1. The maximum atomic E-state index is 12.3. The number of allylic oxidation sites excluding steroid dienone is 1. The van der Waals surface area contributed by atoms with Gasteiger partial charge in [-0.2, -0.15) is 5.26 Å². The van der Waals surface area contributed by atoms with Crippen molar-refractivity contribution in [2.45, 2.75) is 18.6 Å². The van der Waals surface area contributed by atoms with E-state index in [9.17, 15) is 4.79 Å². The summed E-state index contributed by atoms with van der Waals surface area (Å²) in [7, 11) is 0. The molecule has 1 amide bonds. The topological polar surface area (TPSA) is 96.7 Å². The van der Waals surface area contributed by atoms with Gasteiger partial charge in [-0.3, -0.25) is 9.36 Å². The van der Waals surface area contributed by atoms with Crippen LogP contribution in [0.15, 0.2) is 52.8 Å². The van der Waals surface area contributed by atoms with Gasteiger partial charge in [0.25, 0.3) is 0 Å². The number of thioether (sulfide) groups is 1. The molecule has 28 heavy (non-hydrogen) atoms. The Morgan fingerprint density at radius 2 is 2.29 bits per heavy atom. The van der Waals surface area contributed by atoms with E-state index in [1.807, 2.05) is 23.6 Å². The fraction of sp³-hybridized carbons (Fsp3) is 0.158. The minimum Gasteiger partial charge on any atom is -0.469 e.